The Bertz CT molecular complexity index is 1570. The van der Waals surface area contributed by atoms with Crippen molar-refractivity contribution >= 4 is 17.9 Å². The zero-order valence-corrected chi connectivity index (χ0v) is 30.3. The lowest BCUT2D eigenvalue weighted by atomic mass is 9.97. The molecule has 0 aliphatic carbocycles. The lowest BCUT2D eigenvalue weighted by Gasteiger charge is -2.36. The minimum Gasteiger partial charge on any atom is -0.393 e. The van der Waals surface area contributed by atoms with Crippen molar-refractivity contribution in [1.82, 2.24) is 0 Å². The van der Waals surface area contributed by atoms with Gasteiger partial charge in [0.05, 0.1) is 19.3 Å². The highest BCUT2D eigenvalue weighted by Gasteiger charge is 2.86. The van der Waals surface area contributed by atoms with Crippen molar-refractivity contribution in [2.24, 2.45) is 0 Å². The molecule has 0 amide bonds. The molecule has 0 N–H and O–H groups in total. The van der Waals surface area contributed by atoms with Crippen molar-refractivity contribution in [3.63, 3.8) is 0 Å². The van der Waals surface area contributed by atoms with E-state index in [1.165, 1.54) is 0 Å². The van der Waals surface area contributed by atoms with Crippen LogP contribution in [0, 0.1) is 0 Å². The van der Waals surface area contributed by atoms with Crippen molar-refractivity contribution in [1.29, 1.82) is 0 Å². The summed E-state index contributed by atoms with van der Waals surface area (Å²) in [5, 5.41) is 0. The molecule has 0 aliphatic heterocycles. The number of esters is 3. The zero-order chi connectivity index (χ0) is 54.3. The molecule has 0 saturated heterocycles. The molecule has 3 unspecified atom stereocenters. The van der Waals surface area contributed by atoms with Crippen LogP contribution in [0.1, 0.15) is 19.3 Å². The van der Waals surface area contributed by atoms with Crippen LogP contribution in [0.15, 0.2) is 38.0 Å². The Morgan fingerprint density at radius 1 is 0.333 bits per heavy atom. The smallest absolute Gasteiger partial charge is 0.393 e. The van der Waals surface area contributed by atoms with E-state index in [2.05, 4.69) is 33.9 Å². The molecule has 0 rings (SSSR count). The lowest BCUT2D eigenvalue weighted by molar-refractivity contribution is -0.422. The van der Waals surface area contributed by atoms with Crippen LogP contribution in [0.2, 0.25) is 0 Å². The second-order valence-corrected chi connectivity index (χ2v) is 11.5. The second-order valence-electron chi connectivity index (χ2n) is 11.5. The van der Waals surface area contributed by atoms with E-state index in [1.807, 2.05) is 0 Å². The minimum absolute atomic E-state index is 0.0704. The van der Waals surface area contributed by atoms with Crippen molar-refractivity contribution in [3.8, 4) is 0 Å². The normalized spacial score (nSPS) is 15.6. The van der Waals surface area contributed by atoms with Gasteiger partial charge in [-0.1, -0.05) is 19.7 Å². The highest BCUT2D eigenvalue weighted by Crippen LogP contribution is 2.57. The molecule has 0 saturated carbocycles. The SMILES string of the molecule is C=CC(=O)OC(F)(F)C(F)(F)C(F)(F)C(F)(F)C(F)CC(F)(F)F.C=CC(=O)OC(F)(F)C(F)(F)C(F)(F)C(F)(F)C(F)CC(F)(F)F.C=CC(=O)OC(F)(F)C(F)(F)C(F)CC(F)(F)F. The molecule has 0 aliphatic rings. The molecule has 0 spiro atoms. The topological polar surface area (TPSA) is 78.9 Å². The summed E-state index contributed by atoms with van der Waals surface area (Å²) >= 11 is 0. The fraction of sp³-hybridized carbons (Fsp3) is 0.679. The first-order valence-electron chi connectivity index (χ1n) is 15.0. The summed E-state index contributed by atoms with van der Waals surface area (Å²) in [6.45, 7) is 7.47. The van der Waals surface area contributed by atoms with Gasteiger partial charge < -0.3 is 14.2 Å². The Morgan fingerprint density at radius 3 is 0.697 bits per heavy atom. The maximum atomic E-state index is 13.1. The summed E-state index contributed by atoms with van der Waals surface area (Å²) in [6.07, 6.45) is -60.0. The molecule has 0 aromatic rings. The summed E-state index contributed by atoms with van der Waals surface area (Å²) in [5.74, 6) is -55.7. The van der Waals surface area contributed by atoms with E-state index >= 15 is 0 Å². The van der Waals surface area contributed by atoms with E-state index in [1.54, 1.807) is 0 Å². The third kappa shape index (κ3) is 16.0. The standard InChI is InChI=1S/2C10H6F12O2.C8H6F8O2/c2*1-2-5(23)24-10(21,22)9(19,20)8(17,18)7(15,16)4(11)3-6(12,13)14;1-2-5(17)18-8(15,16)7(13,14)4(9)3-6(10,11)12/h2*2,4H,1,3H2;2,4H,1,3H2. The third-order valence-corrected chi connectivity index (χ3v) is 6.34. The van der Waals surface area contributed by atoms with Crippen LogP contribution in [0.3, 0.4) is 0 Å². The van der Waals surface area contributed by atoms with Gasteiger partial charge in [0.2, 0.25) is 0 Å². The molecule has 0 aromatic carbocycles. The van der Waals surface area contributed by atoms with Crippen molar-refractivity contribution in [2.75, 3.05) is 0 Å². The van der Waals surface area contributed by atoms with Crippen LogP contribution >= 0.6 is 0 Å². The molecule has 390 valence electrons. The molecule has 3 atom stereocenters. The first kappa shape index (κ1) is 65.7. The predicted octanol–water partition coefficient (Wildman–Crippen LogP) is 12.2. The van der Waals surface area contributed by atoms with Gasteiger partial charge in [-0.2, -0.15) is 127 Å². The summed E-state index contributed by atoms with van der Waals surface area (Å²) in [6, 6.07) is 0. The van der Waals surface area contributed by atoms with Gasteiger partial charge in [-0.05, 0) is 0 Å². The van der Waals surface area contributed by atoms with E-state index < -0.39 is 134 Å². The van der Waals surface area contributed by atoms with Gasteiger partial charge in [0.1, 0.15) is 0 Å². The van der Waals surface area contributed by atoms with Crippen molar-refractivity contribution in [2.45, 2.75) is 116 Å². The van der Waals surface area contributed by atoms with Gasteiger partial charge >= 0.3 is 96.2 Å². The first-order chi connectivity index (χ1) is 28.5. The molecule has 66 heavy (non-hydrogen) atoms. The Hall–Kier alpha value is -4.61. The van der Waals surface area contributed by atoms with Crippen LogP contribution in [0.4, 0.5) is 140 Å². The first-order valence-corrected chi connectivity index (χ1v) is 15.0. The van der Waals surface area contributed by atoms with Gasteiger partial charge in [-0.3, -0.25) is 0 Å². The predicted molar refractivity (Wildman–Crippen MR) is 145 cm³/mol. The highest BCUT2D eigenvalue weighted by atomic mass is 19.4. The van der Waals surface area contributed by atoms with E-state index in [0.717, 1.165) is 0 Å². The largest absolute Gasteiger partial charge is 0.473 e. The zero-order valence-electron chi connectivity index (χ0n) is 30.3. The van der Waals surface area contributed by atoms with Gasteiger partial charge in [0, 0.05) is 18.2 Å². The summed E-state index contributed by atoms with van der Waals surface area (Å²) < 4.78 is 409. The fourth-order valence-corrected chi connectivity index (χ4v) is 3.05. The molecule has 0 aromatic heterocycles. The van der Waals surface area contributed by atoms with Crippen LogP contribution < -0.4 is 0 Å². The van der Waals surface area contributed by atoms with E-state index in [0.29, 0.717) is 0 Å². The number of hydrogen-bond donors (Lipinski definition) is 0. The number of carbonyl (C=O) groups is 3. The average molecular weight is 1060 g/mol. The van der Waals surface area contributed by atoms with E-state index in [4.69, 9.17) is 0 Å². The van der Waals surface area contributed by atoms with Gasteiger partial charge in [0.15, 0.2) is 18.5 Å². The molecule has 6 nitrogen and oxygen atoms in total. The van der Waals surface area contributed by atoms with Crippen molar-refractivity contribution < 1.29 is 169 Å². The Kier molecular flexibility index (Phi) is 21.0. The van der Waals surface area contributed by atoms with Gasteiger partial charge in [0.25, 0.3) is 0 Å². The Balaban J connectivity index is -0.000000913. The number of halogens is 32. The molecule has 0 fully saturated rings. The van der Waals surface area contributed by atoms with Gasteiger partial charge in [-0.15, -0.1) is 0 Å². The lowest BCUT2D eigenvalue weighted by Crippen LogP contribution is -2.65. The summed E-state index contributed by atoms with van der Waals surface area (Å²) in [4.78, 5) is 31.0. The summed E-state index contributed by atoms with van der Waals surface area (Å²) in [5.41, 5.74) is 0. The second kappa shape index (κ2) is 21.1. The highest BCUT2D eigenvalue weighted by molar-refractivity contribution is 5.82. The van der Waals surface area contributed by atoms with E-state index in [-0.39, 0.29) is 18.2 Å². The maximum absolute atomic E-state index is 13.1. The fourth-order valence-electron chi connectivity index (χ4n) is 3.05. The molecule has 0 heterocycles. The third-order valence-electron chi connectivity index (χ3n) is 6.34. The Morgan fingerprint density at radius 2 is 0.515 bits per heavy atom. The Labute approximate surface area is 342 Å². The van der Waals surface area contributed by atoms with Crippen LogP contribution in [0.25, 0.3) is 0 Å². The molecule has 0 bridgehead atoms. The number of hydrogen-bond acceptors (Lipinski definition) is 6. The van der Waals surface area contributed by atoms with Crippen LogP contribution in [-0.4, -0.2) is 115 Å². The number of rotatable bonds is 19. The average Bonchev–Trinajstić information content (AvgIpc) is 3.08. The van der Waals surface area contributed by atoms with Crippen LogP contribution in [0.5, 0.6) is 0 Å². The minimum atomic E-state index is -7.35. The van der Waals surface area contributed by atoms with Crippen molar-refractivity contribution in [3.05, 3.63) is 38.0 Å². The van der Waals surface area contributed by atoms with E-state index in [9.17, 15) is 155 Å². The maximum Gasteiger partial charge on any atom is 0.473 e. The number of carbonyl (C=O) groups excluding carboxylic acids is 3. The monoisotopic (exact) mass is 1060 g/mol. The number of ether oxygens (including phenoxy) is 3. The molecule has 0 radical (unpaired) electrons. The quantitative estimate of drug-likeness (QED) is 0.0555. The molecular formula is C28H18F32O6. The summed E-state index contributed by atoms with van der Waals surface area (Å²) in [7, 11) is 0. The molecular weight excluding hydrogens is 1040 g/mol. The molecule has 38 heteroatoms. The van der Waals surface area contributed by atoms with Crippen LogP contribution in [-0.2, 0) is 28.6 Å². The van der Waals surface area contributed by atoms with Gasteiger partial charge in [-0.25, -0.2) is 27.6 Å². The number of alkyl halides is 32.